The molecule has 1 aliphatic carbocycles. The summed E-state index contributed by atoms with van der Waals surface area (Å²) in [6, 6.07) is 4.27. The SMILES string of the molecule is CCCC(=NOCC)C1=C(O)CC(c2cc(N)ccc2F)CC1=O. The van der Waals surface area contributed by atoms with E-state index in [9.17, 15) is 14.3 Å². The lowest BCUT2D eigenvalue weighted by Crippen LogP contribution is -2.24. The predicted molar refractivity (Wildman–Crippen MR) is 91.4 cm³/mol. The molecular weight excluding hydrogens is 311 g/mol. The Kier molecular flexibility index (Phi) is 5.95. The second-order valence-corrected chi connectivity index (χ2v) is 5.84. The van der Waals surface area contributed by atoms with Crippen molar-refractivity contribution in [2.24, 2.45) is 5.16 Å². The monoisotopic (exact) mass is 334 g/mol. The zero-order valence-electron chi connectivity index (χ0n) is 14.0. The van der Waals surface area contributed by atoms with Gasteiger partial charge < -0.3 is 15.7 Å². The molecule has 24 heavy (non-hydrogen) atoms. The first kappa shape index (κ1) is 18.0. The van der Waals surface area contributed by atoms with Crippen LogP contribution in [0.1, 0.15) is 51.0 Å². The molecule has 1 aromatic carbocycles. The van der Waals surface area contributed by atoms with Gasteiger partial charge in [0.15, 0.2) is 5.78 Å². The van der Waals surface area contributed by atoms with Gasteiger partial charge in [-0.1, -0.05) is 18.5 Å². The molecule has 0 saturated carbocycles. The van der Waals surface area contributed by atoms with Crippen molar-refractivity contribution in [3.8, 4) is 0 Å². The third-order valence-corrected chi connectivity index (χ3v) is 3.98. The molecule has 3 N–H and O–H groups in total. The van der Waals surface area contributed by atoms with E-state index in [1.807, 2.05) is 6.92 Å². The zero-order chi connectivity index (χ0) is 17.7. The van der Waals surface area contributed by atoms with Crippen LogP contribution in [0.2, 0.25) is 0 Å². The molecular formula is C18H23FN2O3. The number of aliphatic hydroxyl groups excluding tert-OH is 1. The lowest BCUT2D eigenvalue weighted by Gasteiger charge is -2.24. The highest BCUT2D eigenvalue weighted by molar-refractivity contribution is 6.23. The second kappa shape index (κ2) is 7.95. The highest BCUT2D eigenvalue weighted by Gasteiger charge is 2.32. The molecule has 0 aromatic heterocycles. The predicted octanol–water partition coefficient (Wildman–Crippen LogP) is 3.86. The smallest absolute Gasteiger partial charge is 0.168 e. The van der Waals surface area contributed by atoms with Gasteiger partial charge in [-0.2, -0.15) is 0 Å². The molecule has 2 rings (SSSR count). The Labute approximate surface area is 141 Å². The number of hydrogen-bond donors (Lipinski definition) is 2. The highest BCUT2D eigenvalue weighted by Crippen LogP contribution is 2.36. The van der Waals surface area contributed by atoms with Crippen LogP contribution in [0, 0.1) is 5.82 Å². The largest absolute Gasteiger partial charge is 0.511 e. The van der Waals surface area contributed by atoms with Crippen molar-refractivity contribution in [1.29, 1.82) is 0 Å². The van der Waals surface area contributed by atoms with Gasteiger partial charge in [-0.05, 0) is 37.1 Å². The summed E-state index contributed by atoms with van der Waals surface area (Å²) in [6.45, 7) is 4.13. The minimum Gasteiger partial charge on any atom is -0.511 e. The number of halogens is 1. The molecule has 0 bridgehead atoms. The van der Waals surface area contributed by atoms with Crippen LogP contribution in [0.15, 0.2) is 34.7 Å². The molecule has 0 amide bonds. The van der Waals surface area contributed by atoms with E-state index in [-0.39, 0.29) is 30.0 Å². The highest BCUT2D eigenvalue weighted by atomic mass is 19.1. The number of oxime groups is 1. The van der Waals surface area contributed by atoms with Crippen LogP contribution in [-0.4, -0.2) is 23.2 Å². The average Bonchev–Trinajstić information content (AvgIpc) is 2.54. The average molecular weight is 334 g/mol. The van der Waals surface area contributed by atoms with E-state index in [1.165, 1.54) is 18.2 Å². The number of rotatable bonds is 6. The molecule has 1 unspecified atom stereocenters. The number of carbonyl (C=O) groups excluding carboxylic acids is 1. The number of nitrogens with zero attached hydrogens (tertiary/aromatic N) is 1. The van der Waals surface area contributed by atoms with Gasteiger partial charge >= 0.3 is 0 Å². The first-order chi connectivity index (χ1) is 11.5. The first-order valence-corrected chi connectivity index (χ1v) is 8.17. The Morgan fingerprint density at radius 3 is 2.79 bits per heavy atom. The lowest BCUT2D eigenvalue weighted by molar-refractivity contribution is -0.116. The minimum atomic E-state index is -0.431. The van der Waals surface area contributed by atoms with Crippen molar-refractivity contribution in [1.82, 2.24) is 0 Å². The van der Waals surface area contributed by atoms with E-state index in [1.54, 1.807) is 6.92 Å². The van der Waals surface area contributed by atoms with Crippen LogP contribution in [0.3, 0.4) is 0 Å². The number of carbonyl (C=O) groups is 1. The molecule has 0 saturated heterocycles. The second-order valence-electron chi connectivity index (χ2n) is 5.84. The molecule has 0 spiro atoms. The van der Waals surface area contributed by atoms with Crippen LogP contribution in [0.4, 0.5) is 10.1 Å². The Hall–Kier alpha value is -2.37. The third kappa shape index (κ3) is 3.93. The third-order valence-electron chi connectivity index (χ3n) is 3.98. The van der Waals surface area contributed by atoms with Crippen molar-refractivity contribution >= 4 is 17.2 Å². The standard InChI is InChI=1S/C18H23FN2O3/c1-3-5-15(21-24-4-2)18-16(22)8-11(9-17(18)23)13-10-12(20)6-7-14(13)19/h6-7,10-11,22H,3-5,8-9,20H2,1-2H3. The number of nitrogens with two attached hydrogens (primary N) is 1. The Morgan fingerprint density at radius 1 is 1.42 bits per heavy atom. The van der Waals surface area contributed by atoms with Crippen LogP contribution in [0.5, 0.6) is 0 Å². The molecule has 0 aliphatic heterocycles. The van der Waals surface area contributed by atoms with Gasteiger partial charge in [-0.15, -0.1) is 0 Å². The van der Waals surface area contributed by atoms with Crippen LogP contribution in [-0.2, 0) is 9.63 Å². The molecule has 1 aliphatic rings. The fourth-order valence-electron chi connectivity index (χ4n) is 2.91. The molecule has 0 heterocycles. The maximum absolute atomic E-state index is 14.0. The molecule has 1 atom stereocenters. The van der Waals surface area contributed by atoms with E-state index < -0.39 is 11.7 Å². The molecule has 130 valence electrons. The number of allylic oxidation sites excluding steroid dienone is 2. The van der Waals surface area contributed by atoms with Gasteiger partial charge in [-0.3, -0.25) is 4.79 Å². The summed E-state index contributed by atoms with van der Waals surface area (Å²) < 4.78 is 14.0. The molecule has 5 nitrogen and oxygen atoms in total. The van der Waals surface area contributed by atoms with E-state index in [4.69, 9.17) is 10.6 Å². The molecule has 1 aromatic rings. The van der Waals surface area contributed by atoms with E-state index in [0.29, 0.717) is 30.0 Å². The summed E-state index contributed by atoms with van der Waals surface area (Å²) >= 11 is 0. The number of anilines is 1. The summed E-state index contributed by atoms with van der Waals surface area (Å²) in [7, 11) is 0. The summed E-state index contributed by atoms with van der Waals surface area (Å²) in [4.78, 5) is 17.6. The fraction of sp³-hybridized carbons (Fsp3) is 0.444. The number of aliphatic hydroxyl groups is 1. The van der Waals surface area contributed by atoms with E-state index in [0.717, 1.165) is 6.42 Å². The molecule has 6 heteroatoms. The van der Waals surface area contributed by atoms with Gasteiger partial charge in [0, 0.05) is 24.4 Å². The number of nitrogen functional groups attached to an aromatic ring is 1. The van der Waals surface area contributed by atoms with Crippen LogP contribution >= 0.6 is 0 Å². The first-order valence-electron chi connectivity index (χ1n) is 8.17. The van der Waals surface area contributed by atoms with Gasteiger partial charge in [-0.25, -0.2) is 4.39 Å². The van der Waals surface area contributed by atoms with Crippen LogP contribution in [0.25, 0.3) is 0 Å². The fourth-order valence-corrected chi connectivity index (χ4v) is 2.91. The van der Waals surface area contributed by atoms with Gasteiger partial charge in [0.25, 0.3) is 0 Å². The van der Waals surface area contributed by atoms with Crippen molar-refractivity contribution in [3.63, 3.8) is 0 Å². The van der Waals surface area contributed by atoms with Crippen molar-refractivity contribution in [2.45, 2.75) is 45.4 Å². The quantitative estimate of drug-likeness (QED) is 0.470. The topological polar surface area (TPSA) is 84.9 Å². The Balaban J connectivity index is 2.34. The van der Waals surface area contributed by atoms with Crippen LogP contribution < -0.4 is 5.73 Å². The number of ketones is 1. The molecule has 0 radical (unpaired) electrons. The van der Waals surface area contributed by atoms with E-state index in [2.05, 4.69) is 5.16 Å². The van der Waals surface area contributed by atoms with Gasteiger partial charge in [0.2, 0.25) is 0 Å². The zero-order valence-corrected chi connectivity index (χ0v) is 14.0. The van der Waals surface area contributed by atoms with Gasteiger partial charge in [0.1, 0.15) is 18.2 Å². The minimum absolute atomic E-state index is 0.0648. The van der Waals surface area contributed by atoms with Crippen molar-refractivity contribution < 1.29 is 19.1 Å². The van der Waals surface area contributed by atoms with E-state index >= 15 is 0 Å². The lowest BCUT2D eigenvalue weighted by atomic mass is 9.80. The maximum Gasteiger partial charge on any atom is 0.168 e. The summed E-state index contributed by atoms with van der Waals surface area (Å²) in [5.41, 5.74) is 7.16. The number of hydrogen-bond acceptors (Lipinski definition) is 5. The van der Waals surface area contributed by atoms with Crippen molar-refractivity contribution in [3.05, 3.63) is 40.9 Å². The summed E-state index contributed by atoms with van der Waals surface area (Å²) in [5, 5.41) is 14.4. The Morgan fingerprint density at radius 2 is 2.17 bits per heavy atom. The normalized spacial score (nSPS) is 18.9. The van der Waals surface area contributed by atoms with Crippen molar-refractivity contribution in [2.75, 3.05) is 12.3 Å². The van der Waals surface area contributed by atoms with Gasteiger partial charge in [0.05, 0.1) is 11.3 Å². The summed E-state index contributed by atoms with van der Waals surface area (Å²) in [5.74, 6) is -1.17. The maximum atomic E-state index is 14.0. The Bertz CT molecular complexity index is 683. The number of benzene rings is 1. The number of Topliss-reactive ketones (excluding diaryl/α,β-unsaturated/α-hetero) is 1. The summed E-state index contributed by atoms with van der Waals surface area (Å²) in [6.07, 6.45) is 1.58. The molecule has 0 fully saturated rings.